The summed E-state index contributed by atoms with van der Waals surface area (Å²) in [5, 5.41) is 6.97. The summed E-state index contributed by atoms with van der Waals surface area (Å²) in [6.07, 6.45) is 0. The second-order valence-corrected chi connectivity index (χ2v) is 5.90. The van der Waals surface area contributed by atoms with Gasteiger partial charge in [-0.2, -0.15) is 5.10 Å². The molecule has 8 nitrogen and oxygen atoms in total. The van der Waals surface area contributed by atoms with Crippen molar-refractivity contribution in [1.82, 2.24) is 19.7 Å². The second kappa shape index (κ2) is 7.43. The molecule has 3 rings (SSSR count). The fraction of sp³-hybridized carbons (Fsp3) is 0.412. The van der Waals surface area contributed by atoms with Crippen LogP contribution in [-0.4, -0.2) is 57.8 Å². The van der Waals surface area contributed by atoms with Crippen molar-refractivity contribution in [2.45, 2.75) is 20.4 Å². The number of morpholine rings is 1. The van der Waals surface area contributed by atoms with Crippen molar-refractivity contribution in [3.63, 3.8) is 0 Å². The Labute approximate surface area is 145 Å². The molecule has 0 unspecified atom stereocenters. The fourth-order valence-corrected chi connectivity index (χ4v) is 2.73. The SMILES string of the molecule is Cc1nc(C)n(CC(=O)Nc2cccc(C(=O)N3CCOCC3)c2)n1. The first kappa shape index (κ1) is 17.1. The summed E-state index contributed by atoms with van der Waals surface area (Å²) in [5.74, 6) is 1.04. The molecular formula is C17H21N5O3. The lowest BCUT2D eigenvalue weighted by Crippen LogP contribution is -2.40. The monoisotopic (exact) mass is 343 g/mol. The predicted molar refractivity (Wildman–Crippen MR) is 91.3 cm³/mol. The summed E-state index contributed by atoms with van der Waals surface area (Å²) in [6.45, 7) is 5.93. The zero-order valence-corrected chi connectivity index (χ0v) is 14.4. The summed E-state index contributed by atoms with van der Waals surface area (Å²) < 4.78 is 6.81. The third kappa shape index (κ3) is 4.21. The number of amides is 2. The third-order valence-electron chi connectivity index (χ3n) is 3.95. The number of nitrogens with zero attached hydrogens (tertiary/aromatic N) is 4. The molecule has 0 aliphatic carbocycles. The van der Waals surface area contributed by atoms with Crippen molar-refractivity contribution in [3.05, 3.63) is 41.5 Å². The average molecular weight is 343 g/mol. The number of nitrogens with one attached hydrogen (secondary N) is 1. The largest absolute Gasteiger partial charge is 0.378 e. The highest BCUT2D eigenvalue weighted by atomic mass is 16.5. The Balaban J connectivity index is 1.65. The lowest BCUT2D eigenvalue weighted by Gasteiger charge is -2.27. The summed E-state index contributed by atoms with van der Waals surface area (Å²) in [4.78, 5) is 30.7. The van der Waals surface area contributed by atoms with Gasteiger partial charge in [-0.05, 0) is 32.0 Å². The van der Waals surface area contributed by atoms with Gasteiger partial charge in [-0.3, -0.25) is 9.59 Å². The Bertz CT molecular complexity index is 780. The van der Waals surface area contributed by atoms with Crippen LogP contribution in [0.2, 0.25) is 0 Å². The van der Waals surface area contributed by atoms with Crippen LogP contribution in [0, 0.1) is 13.8 Å². The van der Waals surface area contributed by atoms with Crippen LogP contribution >= 0.6 is 0 Å². The fourth-order valence-electron chi connectivity index (χ4n) is 2.73. The van der Waals surface area contributed by atoms with E-state index in [4.69, 9.17) is 4.74 Å². The van der Waals surface area contributed by atoms with Crippen LogP contribution in [0.3, 0.4) is 0 Å². The van der Waals surface area contributed by atoms with Crippen LogP contribution in [0.25, 0.3) is 0 Å². The molecule has 2 heterocycles. The molecule has 8 heteroatoms. The number of aryl methyl sites for hydroxylation is 2. The molecule has 0 saturated carbocycles. The maximum Gasteiger partial charge on any atom is 0.254 e. The number of carbonyl (C=O) groups excluding carboxylic acids is 2. The quantitative estimate of drug-likeness (QED) is 0.895. The van der Waals surface area contributed by atoms with Gasteiger partial charge < -0.3 is 15.0 Å². The standard InChI is InChI=1S/C17H21N5O3/c1-12-18-13(2)22(20-12)11-16(23)19-15-5-3-4-14(10-15)17(24)21-6-8-25-9-7-21/h3-5,10H,6-9,11H2,1-2H3,(H,19,23). The number of hydrogen-bond acceptors (Lipinski definition) is 5. The Hall–Kier alpha value is -2.74. The van der Waals surface area contributed by atoms with Crippen LogP contribution in [0.5, 0.6) is 0 Å². The molecule has 1 fully saturated rings. The normalized spacial score (nSPS) is 14.4. The minimum atomic E-state index is -0.219. The van der Waals surface area contributed by atoms with Crippen molar-refractivity contribution in [2.75, 3.05) is 31.6 Å². The highest BCUT2D eigenvalue weighted by molar-refractivity contribution is 5.97. The number of rotatable bonds is 4. The van der Waals surface area contributed by atoms with E-state index in [2.05, 4.69) is 15.4 Å². The number of benzene rings is 1. The molecule has 1 aliphatic rings. The van der Waals surface area contributed by atoms with E-state index in [0.29, 0.717) is 49.2 Å². The molecule has 0 atom stereocenters. The minimum absolute atomic E-state index is 0.0536. The first-order valence-electron chi connectivity index (χ1n) is 8.18. The van der Waals surface area contributed by atoms with Crippen molar-refractivity contribution in [3.8, 4) is 0 Å². The number of hydrogen-bond donors (Lipinski definition) is 1. The van der Waals surface area contributed by atoms with E-state index in [1.165, 1.54) is 0 Å². The highest BCUT2D eigenvalue weighted by Gasteiger charge is 2.19. The molecule has 1 N–H and O–H groups in total. The molecule has 1 aromatic carbocycles. The van der Waals surface area contributed by atoms with Gasteiger partial charge >= 0.3 is 0 Å². The van der Waals surface area contributed by atoms with Gasteiger partial charge in [0, 0.05) is 24.3 Å². The molecule has 25 heavy (non-hydrogen) atoms. The van der Waals surface area contributed by atoms with Crippen LogP contribution < -0.4 is 5.32 Å². The zero-order chi connectivity index (χ0) is 17.8. The van der Waals surface area contributed by atoms with Gasteiger partial charge in [-0.1, -0.05) is 6.07 Å². The van der Waals surface area contributed by atoms with Gasteiger partial charge in [0.15, 0.2) is 0 Å². The molecular weight excluding hydrogens is 322 g/mol. The van der Waals surface area contributed by atoms with Gasteiger partial charge in [0.2, 0.25) is 5.91 Å². The molecule has 1 saturated heterocycles. The first-order valence-corrected chi connectivity index (χ1v) is 8.18. The van der Waals surface area contributed by atoms with E-state index < -0.39 is 0 Å². The number of carbonyl (C=O) groups is 2. The Morgan fingerprint density at radius 1 is 1.24 bits per heavy atom. The van der Waals surface area contributed by atoms with E-state index >= 15 is 0 Å². The molecule has 2 aromatic rings. The molecule has 0 spiro atoms. The maximum absolute atomic E-state index is 12.5. The van der Waals surface area contributed by atoms with E-state index in [1.54, 1.807) is 47.7 Å². The molecule has 1 aliphatic heterocycles. The topological polar surface area (TPSA) is 89.4 Å². The predicted octanol–water partition coefficient (Wildman–Crippen LogP) is 1.01. The van der Waals surface area contributed by atoms with E-state index in [0.717, 1.165) is 0 Å². The highest BCUT2D eigenvalue weighted by Crippen LogP contribution is 2.14. The molecule has 2 amide bonds. The smallest absolute Gasteiger partial charge is 0.254 e. The number of anilines is 1. The summed E-state index contributed by atoms with van der Waals surface area (Å²) >= 11 is 0. The van der Waals surface area contributed by atoms with E-state index in [9.17, 15) is 9.59 Å². The molecule has 0 bridgehead atoms. The molecule has 0 radical (unpaired) electrons. The molecule has 1 aromatic heterocycles. The average Bonchev–Trinajstić information content (AvgIpc) is 2.92. The van der Waals surface area contributed by atoms with Gasteiger partial charge in [0.05, 0.1) is 13.2 Å². The second-order valence-electron chi connectivity index (χ2n) is 5.90. The molecule has 132 valence electrons. The van der Waals surface area contributed by atoms with E-state index in [-0.39, 0.29) is 18.4 Å². The summed E-state index contributed by atoms with van der Waals surface area (Å²) in [7, 11) is 0. The Morgan fingerprint density at radius 2 is 2.00 bits per heavy atom. The third-order valence-corrected chi connectivity index (χ3v) is 3.95. The number of ether oxygens (including phenoxy) is 1. The van der Waals surface area contributed by atoms with Crippen LogP contribution in [-0.2, 0) is 16.1 Å². The van der Waals surface area contributed by atoms with Gasteiger partial charge in [-0.15, -0.1) is 0 Å². The zero-order valence-electron chi connectivity index (χ0n) is 14.4. The maximum atomic E-state index is 12.5. The van der Waals surface area contributed by atoms with Crippen molar-refractivity contribution >= 4 is 17.5 Å². The summed E-state index contributed by atoms with van der Waals surface area (Å²) in [5.41, 5.74) is 1.13. The van der Waals surface area contributed by atoms with Gasteiger partial charge in [0.25, 0.3) is 5.91 Å². The lowest BCUT2D eigenvalue weighted by molar-refractivity contribution is -0.116. The minimum Gasteiger partial charge on any atom is -0.378 e. The Kier molecular flexibility index (Phi) is 5.08. The van der Waals surface area contributed by atoms with Crippen molar-refractivity contribution in [1.29, 1.82) is 0 Å². The van der Waals surface area contributed by atoms with Gasteiger partial charge in [-0.25, -0.2) is 9.67 Å². The van der Waals surface area contributed by atoms with Crippen molar-refractivity contribution in [2.24, 2.45) is 0 Å². The Morgan fingerprint density at radius 3 is 2.68 bits per heavy atom. The van der Waals surface area contributed by atoms with Gasteiger partial charge in [0.1, 0.15) is 18.2 Å². The van der Waals surface area contributed by atoms with Crippen LogP contribution in [0.15, 0.2) is 24.3 Å². The van der Waals surface area contributed by atoms with Crippen LogP contribution in [0.4, 0.5) is 5.69 Å². The lowest BCUT2D eigenvalue weighted by atomic mass is 10.1. The number of aromatic nitrogens is 3. The first-order chi connectivity index (χ1) is 12.0. The van der Waals surface area contributed by atoms with Crippen LogP contribution in [0.1, 0.15) is 22.0 Å². The van der Waals surface area contributed by atoms with E-state index in [1.807, 2.05) is 0 Å². The van der Waals surface area contributed by atoms with Crippen molar-refractivity contribution < 1.29 is 14.3 Å². The summed E-state index contributed by atoms with van der Waals surface area (Å²) in [6, 6.07) is 6.95.